The van der Waals surface area contributed by atoms with Crippen LogP contribution in [0.4, 0.5) is 19.3 Å². The Labute approximate surface area is 229 Å². The van der Waals surface area contributed by atoms with Crippen LogP contribution in [0.2, 0.25) is 0 Å². The van der Waals surface area contributed by atoms with Gasteiger partial charge in [0.25, 0.3) is 0 Å². The smallest absolute Gasteiger partial charge is 0.417 e. The monoisotopic (exact) mass is 560 g/mol. The summed E-state index contributed by atoms with van der Waals surface area (Å²) < 4.78 is 31.7. The molecule has 0 heterocycles. The van der Waals surface area contributed by atoms with E-state index >= 15 is 0 Å². The molecule has 0 fully saturated rings. The minimum Gasteiger partial charge on any atom is -0.508 e. The summed E-state index contributed by atoms with van der Waals surface area (Å²) in [5, 5.41) is 10.9. The third-order valence-corrected chi connectivity index (χ3v) is 4.99. The fourth-order valence-corrected chi connectivity index (χ4v) is 3.28. The second kappa shape index (κ2) is 18.3. The molecule has 4 rings (SSSR count). The molecule has 0 bridgehead atoms. The quantitative estimate of drug-likeness (QED) is 0.224. The van der Waals surface area contributed by atoms with E-state index in [1.165, 1.54) is 37.9 Å². The molecule has 0 aliphatic rings. The van der Waals surface area contributed by atoms with Crippen LogP contribution in [0.5, 0.6) is 11.5 Å². The van der Waals surface area contributed by atoms with Crippen molar-refractivity contribution < 1.29 is 28.2 Å². The SMILES string of the molecule is CC(=O)Cl.CN.O=C(Nc1ccc(Sc2ccc(F)cc2F)cc1)Oc1ccccc1.Oc1ccccc1. The highest BCUT2D eigenvalue weighted by molar-refractivity contribution is 7.99. The molecule has 0 aromatic heterocycles. The van der Waals surface area contributed by atoms with Gasteiger partial charge in [-0.25, -0.2) is 13.6 Å². The highest BCUT2D eigenvalue weighted by Gasteiger charge is 2.07. The number of carbonyl (C=O) groups excluding carboxylic acids is 2. The van der Waals surface area contributed by atoms with Crippen molar-refractivity contribution in [1.82, 2.24) is 0 Å². The van der Waals surface area contributed by atoms with Crippen LogP contribution in [0.15, 0.2) is 113 Å². The van der Waals surface area contributed by atoms with Gasteiger partial charge in [0.1, 0.15) is 23.1 Å². The lowest BCUT2D eigenvalue weighted by atomic mass is 10.3. The average Bonchev–Trinajstić information content (AvgIpc) is 2.89. The molecule has 0 atom stereocenters. The molecule has 0 spiro atoms. The second-order valence-corrected chi connectivity index (χ2v) is 8.48. The number of nitrogens with one attached hydrogen (secondary N) is 1. The summed E-state index contributed by atoms with van der Waals surface area (Å²) in [6.07, 6.45) is -0.601. The molecule has 0 unspecified atom stereocenters. The summed E-state index contributed by atoms with van der Waals surface area (Å²) in [6.45, 7) is 1.29. The van der Waals surface area contributed by atoms with Gasteiger partial charge in [-0.15, -0.1) is 0 Å². The maximum atomic E-state index is 13.7. The molecule has 200 valence electrons. The number of anilines is 1. The van der Waals surface area contributed by atoms with Crippen LogP contribution in [0.25, 0.3) is 0 Å². The predicted octanol–water partition coefficient (Wildman–Crippen LogP) is 7.47. The number of benzene rings is 4. The number of carbonyl (C=O) groups is 2. The van der Waals surface area contributed by atoms with E-state index < -0.39 is 17.7 Å². The number of ether oxygens (including phenoxy) is 1. The third kappa shape index (κ3) is 14.0. The second-order valence-electron chi connectivity index (χ2n) is 6.83. The van der Waals surface area contributed by atoms with Crippen molar-refractivity contribution in [2.75, 3.05) is 12.4 Å². The van der Waals surface area contributed by atoms with Gasteiger partial charge < -0.3 is 15.6 Å². The fraction of sp³-hybridized carbons (Fsp3) is 0.0714. The van der Waals surface area contributed by atoms with Gasteiger partial charge in [-0.2, -0.15) is 0 Å². The molecular formula is C28H27ClF2N2O4S. The van der Waals surface area contributed by atoms with Gasteiger partial charge in [0, 0.05) is 28.5 Å². The molecule has 0 saturated heterocycles. The lowest BCUT2D eigenvalue weighted by molar-refractivity contribution is -0.109. The Balaban J connectivity index is 0.000000460. The van der Waals surface area contributed by atoms with Crippen LogP contribution in [-0.2, 0) is 4.79 Å². The number of hydrogen-bond donors (Lipinski definition) is 3. The summed E-state index contributed by atoms with van der Waals surface area (Å²) in [5.74, 6) is -0.460. The van der Waals surface area contributed by atoms with E-state index in [0.29, 0.717) is 22.1 Å². The first-order chi connectivity index (χ1) is 18.2. The normalized spacial score (nSPS) is 9.21. The van der Waals surface area contributed by atoms with Crippen LogP contribution in [0.1, 0.15) is 6.92 Å². The molecule has 6 nitrogen and oxygen atoms in total. The Bertz CT molecular complexity index is 1240. The Morgan fingerprint density at radius 1 is 0.868 bits per heavy atom. The van der Waals surface area contributed by atoms with E-state index in [1.54, 1.807) is 72.8 Å². The van der Waals surface area contributed by atoms with Crippen molar-refractivity contribution in [3.63, 3.8) is 0 Å². The van der Waals surface area contributed by atoms with Crippen molar-refractivity contribution in [2.45, 2.75) is 16.7 Å². The first-order valence-corrected chi connectivity index (χ1v) is 12.2. The van der Waals surface area contributed by atoms with Gasteiger partial charge >= 0.3 is 6.09 Å². The molecule has 4 aromatic carbocycles. The summed E-state index contributed by atoms with van der Waals surface area (Å²) >= 11 is 5.80. The first-order valence-electron chi connectivity index (χ1n) is 11.0. The van der Waals surface area contributed by atoms with Gasteiger partial charge in [-0.05, 0) is 79.3 Å². The van der Waals surface area contributed by atoms with Gasteiger partial charge in [-0.3, -0.25) is 10.1 Å². The van der Waals surface area contributed by atoms with E-state index in [0.717, 1.165) is 11.0 Å². The highest BCUT2D eigenvalue weighted by Crippen LogP contribution is 2.30. The van der Waals surface area contributed by atoms with Crippen molar-refractivity contribution in [3.8, 4) is 11.5 Å². The Morgan fingerprint density at radius 3 is 1.87 bits per heavy atom. The van der Waals surface area contributed by atoms with Crippen LogP contribution in [0.3, 0.4) is 0 Å². The Hall–Kier alpha value is -3.92. The molecule has 0 saturated carbocycles. The number of phenolic OH excluding ortho intramolecular Hbond substituents is 1. The number of hydrogen-bond acceptors (Lipinski definition) is 6. The molecule has 0 radical (unpaired) electrons. The van der Waals surface area contributed by atoms with Crippen LogP contribution >= 0.6 is 23.4 Å². The molecule has 0 aliphatic carbocycles. The molecule has 4 aromatic rings. The number of phenols is 1. The van der Waals surface area contributed by atoms with Gasteiger partial charge in [0.2, 0.25) is 5.24 Å². The largest absolute Gasteiger partial charge is 0.508 e. The summed E-state index contributed by atoms with van der Waals surface area (Å²) in [7, 11) is 1.50. The predicted molar refractivity (Wildman–Crippen MR) is 148 cm³/mol. The van der Waals surface area contributed by atoms with Crippen LogP contribution in [0, 0.1) is 11.6 Å². The number of para-hydroxylation sites is 2. The first kappa shape index (κ1) is 32.1. The maximum absolute atomic E-state index is 13.7. The lowest BCUT2D eigenvalue weighted by Crippen LogP contribution is -2.16. The number of nitrogens with two attached hydrogens (primary N) is 1. The summed E-state index contributed by atoms with van der Waals surface area (Å²) in [4.78, 5) is 22.1. The Morgan fingerprint density at radius 2 is 1.39 bits per heavy atom. The lowest BCUT2D eigenvalue weighted by Gasteiger charge is -2.08. The summed E-state index contributed by atoms with van der Waals surface area (Å²) in [5.41, 5.74) is 5.05. The molecule has 1 amide bonds. The van der Waals surface area contributed by atoms with Crippen molar-refractivity contribution in [3.05, 3.63) is 115 Å². The standard InChI is InChI=1S/C19H13F2NO2S.C6H6O.C2H3ClO.CH5N/c20-13-6-11-18(17(21)12-13)25-16-9-7-14(8-10-16)22-19(23)24-15-4-2-1-3-5-15;7-6-4-2-1-3-5-6;1-2(3)4;1-2/h1-12H,(H,22,23);1-5,7H;1H3;2H2,1H3. The summed E-state index contributed by atoms with van der Waals surface area (Å²) in [6, 6.07) is 27.7. The third-order valence-electron chi connectivity index (χ3n) is 3.93. The van der Waals surface area contributed by atoms with E-state index in [1.807, 2.05) is 12.1 Å². The molecule has 0 aliphatic heterocycles. The Kier molecular flexibility index (Phi) is 15.5. The number of amides is 1. The van der Waals surface area contributed by atoms with Crippen molar-refractivity contribution in [2.24, 2.45) is 5.73 Å². The number of rotatable bonds is 4. The van der Waals surface area contributed by atoms with Crippen molar-refractivity contribution in [1.29, 1.82) is 0 Å². The van der Waals surface area contributed by atoms with Gasteiger partial charge in [0.05, 0.1) is 0 Å². The number of aromatic hydroxyl groups is 1. The van der Waals surface area contributed by atoms with Gasteiger partial charge in [-0.1, -0.05) is 48.2 Å². The van der Waals surface area contributed by atoms with Gasteiger partial charge in [0.15, 0.2) is 0 Å². The molecule has 10 heteroatoms. The van der Waals surface area contributed by atoms with E-state index in [2.05, 4.69) is 22.7 Å². The minimum atomic E-state index is -0.613. The zero-order chi connectivity index (χ0) is 28.3. The minimum absolute atomic E-state index is 0.322. The van der Waals surface area contributed by atoms with Crippen LogP contribution in [-0.4, -0.2) is 23.5 Å². The maximum Gasteiger partial charge on any atom is 0.417 e. The highest BCUT2D eigenvalue weighted by atomic mass is 35.5. The molecular weight excluding hydrogens is 534 g/mol. The molecule has 38 heavy (non-hydrogen) atoms. The van der Waals surface area contributed by atoms with E-state index in [-0.39, 0.29) is 5.24 Å². The average molecular weight is 561 g/mol. The zero-order valence-electron chi connectivity index (χ0n) is 20.6. The van der Waals surface area contributed by atoms with E-state index in [9.17, 15) is 18.4 Å². The van der Waals surface area contributed by atoms with E-state index in [4.69, 9.17) is 9.84 Å². The topological polar surface area (TPSA) is 102 Å². The van der Waals surface area contributed by atoms with Crippen LogP contribution < -0.4 is 15.8 Å². The number of halogens is 3. The zero-order valence-corrected chi connectivity index (χ0v) is 22.2. The molecule has 4 N–H and O–H groups in total. The van der Waals surface area contributed by atoms with Crippen molar-refractivity contribution >= 4 is 40.4 Å². The fourth-order valence-electron chi connectivity index (χ4n) is 2.46.